The molecule has 2 aromatic carbocycles. The van der Waals surface area contributed by atoms with Crippen LogP contribution in [0.15, 0.2) is 41.2 Å². The van der Waals surface area contributed by atoms with E-state index < -0.39 is 16.4 Å². The van der Waals surface area contributed by atoms with Gasteiger partial charge in [-0.15, -0.1) is 0 Å². The van der Waals surface area contributed by atoms with E-state index in [1.54, 1.807) is 28.8 Å². The quantitative estimate of drug-likeness (QED) is 0.511. The number of nitro benzene ring substituents is 1. The van der Waals surface area contributed by atoms with Crippen molar-refractivity contribution in [2.24, 2.45) is 0 Å². The lowest BCUT2D eigenvalue weighted by atomic mass is 10.1. The minimum absolute atomic E-state index is 0.147. The van der Waals surface area contributed by atoms with E-state index in [-0.39, 0.29) is 5.56 Å². The molecule has 8 heteroatoms. The molecule has 0 bridgehead atoms. The van der Waals surface area contributed by atoms with Gasteiger partial charge in [0.05, 0.1) is 15.8 Å². The molecule has 0 fully saturated rings. The van der Waals surface area contributed by atoms with E-state index in [2.05, 4.69) is 4.98 Å². The molecule has 0 spiro atoms. The molecule has 4 rings (SSSR count). The van der Waals surface area contributed by atoms with E-state index in [0.717, 1.165) is 5.57 Å². The molecule has 0 atom stereocenters. The highest BCUT2D eigenvalue weighted by Gasteiger charge is 2.21. The van der Waals surface area contributed by atoms with E-state index in [1.807, 2.05) is 0 Å². The number of halogens is 1. The van der Waals surface area contributed by atoms with Crippen molar-refractivity contribution in [3.8, 4) is 5.75 Å². The van der Waals surface area contributed by atoms with Crippen LogP contribution in [0.2, 0.25) is 5.02 Å². The van der Waals surface area contributed by atoms with Crippen molar-refractivity contribution < 1.29 is 10.0 Å². The molecular formula is C18H11ClN3O4-. The third kappa shape index (κ3) is 2.62. The standard InChI is InChI=1S/C18H12ClN3O4/c19-12-2-3-13-14(9-12)20-17-11(5-6-21(17)18(13)24)7-10-1-4-16(23)15(8-10)22(25)26/h1-4,7-9,23H,5-6H2/p-1/b11-7+. The average Bonchev–Trinajstić information content (AvgIpc) is 2.99. The van der Waals surface area contributed by atoms with E-state index in [1.165, 1.54) is 18.2 Å². The summed E-state index contributed by atoms with van der Waals surface area (Å²) in [6.07, 6.45) is 2.29. The second kappa shape index (κ2) is 5.96. The van der Waals surface area contributed by atoms with Crippen molar-refractivity contribution in [1.82, 2.24) is 9.55 Å². The van der Waals surface area contributed by atoms with Crippen molar-refractivity contribution >= 4 is 39.8 Å². The maximum Gasteiger partial charge on any atom is 0.262 e. The van der Waals surface area contributed by atoms with Crippen LogP contribution in [0.5, 0.6) is 5.75 Å². The first kappa shape index (κ1) is 16.3. The van der Waals surface area contributed by atoms with Crippen LogP contribution in [0.3, 0.4) is 0 Å². The summed E-state index contributed by atoms with van der Waals surface area (Å²) in [7, 11) is 0. The van der Waals surface area contributed by atoms with Crippen LogP contribution in [0.1, 0.15) is 17.8 Å². The summed E-state index contributed by atoms with van der Waals surface area (Å²) in [6, 6.07) is 8.84. The van der Waals surface area contributed by atoms with Crippen molar-refractivity contribution in [1.29, 1.82) is 0 Å². The highest BCUT2D eigenvalue weighted by atomic mass is 35.5. The number of hydrogen-bond acceptors (Lipinski definition) is 5. The molecule has 1 aliphatic rings. The predicted octanol–water partition coefficient (Wildman–Crippen LogP) is 2.98. The Labute approximate surface area is 151 Å². The fourth-order valence-corrected chi connectivity index (χ4v) is 3.26. The molecule has 1 aliphatic heterocycles. The van der Waals surface area contributed by atoms with Gasteiger partial charge in [-0.1, -0.05) is 23.7 Å². The van der Waals surface area contributed by atoms with Crippen LogP contribution in [0, 0.1) is 10.1 Å². The van der Waals surface area contributed by atoms with Gasteiger partial charge < -0.3 is 5.11 Å². The summed E-state index contributed by atoms with van der Waals surface area (Å²) in [5.74, 6) is -0.127. The Morgan fingerprint density at radius 1 is 1.23 bits per heavy atom. The molecular weight excluding hydrogens is 358 g/mol. The molecule has 7 nitrogen and oxygen atoms in total. The average molecular weight is 369 g/mol. The molecule has 0 saturated carbocycles. The number of allylic oxidation sites excluding steroid dienone is 1. The van der Waals surface area contributed by atoms with Gasteiger partial charge in [-0.3, -0.25) is 19.5 Å². The molecule has 0 N–H and O–H groups in total. The second-order valence-corrected chi connectivity index (χ2v) is 6.39. The van der Waals surface area contributed by atoms with Crippen LogP contribution in [-0.4, -0.2) is 14.5 Å². The molecule has 0 aliphatic carbocycles. The van der Waals surface area contributed by atoms with Crippen molar-refractivity contribution in [2.75, 3.05) is 0 Å². The van der Waals surface area contributed by atoms with Gasteiger partial charge in [-0.05, 0) is 47.6 Å². The van der Waals surface area contributed by atoms with E-state index in [9.17, 15) is 20.0 Å². The SMILES string of the molecule is O=c1c2ccc(Cl)cc2nc2n1CC/C2=C\c1ccc([O-])c([N+](=O)[O-])c1. The zero-order valence-electron chi connectivity index (χ0n) is 13.3. The molecule has 0 unspecified atom stereocenters. The van der Waals surface area contributed by atoms with Crippen molar-refractivity contribution in [3.05, 3.63) is 73.3 Å². The Morgan fingerprint density at radius 2 is 2.04 bits per heavy atom. The van der Waals surface area contributed by atoms with Crippen LogP contribution in [0.4, 0.5) is 5.69 Å². The molecule has 0 radical (unpaired) electrons. The number of nitro groups is 1. The molecule has 1 aromatic heterocycles. The summed E-state index contributed by atoms with van der Waals surface area (Å²) < 4.78 is 1.58. The third-order valence-corrected chi connectivity index (χ3v) is 4.57. The zero-order chi connectivity index (χ0) is 18.4. The van der Waals surface area contributed by atoms with E-state index in [4.69, 9.17) is 11.6 Å². The number of fused-ring (bicyclic) bond motifs is 2. The molecule has 26 heavy (non-hydrogen) atoms. The highest BCUT2D eigenvalue weighted by Crippen LogP contribution is 2.30. The minimum atomic E-state index is -0.703. The van der Waals surface area contributed by atoms with Gasteiger partial charge in [-0.2, -0.15) is 0 Å². The maximum atomic E-state index is 12.6. The van der Waals surface area contributed by atoms with Crippen LogP contribution >= 0.6 is 11.6 Å². The summed E-state index contributed by atoms with van der Waals surface area (Å²) >= 11 is 5.99. The van der Waals surface area contributed by atoms with Crippen molar-refractivity contribution in [3.63, 3.8) is 0 Å². The van der Waals surface area contributed by atoms with Gasteiger partial charge in [0.15, 0.2) is 0 Å². The Hall–Kier alpha value is -3.19. The van der Waals surface area contributed by atoms with Gasteiger partial charge in [0.1, 0.15) is 5.82 Å². The minimum Gasteiger partial charge on any atom is -0.868 e. The normalized spacial score (nSPS) is 14.7. The third-order valence-electron chi connectivity index (χ3n) is 4.33. The Bertz CT molecular complexity index is 1170. The maximum absolute atomic E-state index is 12.6. The number of hydrogen-bond donors (Lipinski definition) is 0. The smallest absolute Gasteiger partial charge is 0.262 e. The van der Waals surface area contributed by atoms with Crippen LogP contribution in [0.25, 0.3) is 22.6 Å². The largest absolute Gasteiger partial charge is 0.868 e. The summed E-state index contributed by atoms with van der Waals surface area (Å²) in [4.78, 5) is 27.4. The van der Waals surface area contributed by atoms with Gasteiger partial charge in [0.25, 0.3) is 11.2 Å². The van der Waals surface area contributed by atoms with Gasteiger partial charge in [0.2, 0.25) is 0 Å². The molecule has 0 saturated heterocycles. The highest BCUT2D eigenvalue weighted by molar-refractivity contribution is 6.31. The van der Waals surface area contributed by atoms with Gasteiger partial charge in [0, 0.05) is 17.6 Å². The Morgan fingerprint density at radius 3 is 2.81 bits per heavy atom. The number of nitrogens with zero attached hydrogens (tertiary/aromatic N) is 3. The van der Waals surface area contributed by atoms with E-state index >= 15 is 0 Å². The predicted molar refractivity (Wildman–Crippen MR) is 96.0 cm³/mol. The first-order chi connectivity index (χ1) is 12.4. The summed E-state index contributed by atoms with van der Waals surface area (Å²) in [5, 5.41) is 23.5. The second-order valence-electron chi connectivity index (χ2n) is 5.96. The van der Waals surface area contributed by atoms with E-state index in [0.29, 0.717) is 40.3 Å². The lowest BCUT2D eigenvalue weighted by Gasteiger charge is -2.08. The fraction of sp³-hybridized carbons (Fsp3) is 0.111. The topological polar surface area (TPSA) is 101 Å². The van der Waals surface area contributed by atoms with Crippen LogP contribution < -0.4 is 10.7 Å². The first-order valence-electron chi connectivity index (χ1n) is 7.80. The lowest BCUT2D eigenvalue weighted by molar-refractivity contribution is -0.398. The monoisotopic (exact) mass is 368 g/mol. The van der Waals surface area contributed by atoms with Gasteiger partial charge in [-0.25, -0.2) is 4.98 Å². The number of benzene rings is 2. The summed E-state index contributed by atoms with van der Waals surface area (Å²) in [5.41, 5.74) is 1.17. The molecule has 3 aromatic rings. The van der Waals surface area contributed by atoms with Crippen LogP contribution in [-0.2, 0) is 6.54 Å². The molecule has 130 valence electrons. The zero-order valence-corrected chi connectivity index (χ0v) is 14.1. The van der Waals surface area contributed by atoms with Crippen molar-refractivity contribution in [2.45, 2.75) is 13.0 Å². The fourth-order valence-electron chi connectivity index (χ4n) is 3.10. The Balaban J connectivity index is 1.87. The lowest BCUT2D eigenvalue weighted by Crippen LogP contribution is -2.20. The Kier molecular flexibility index (Phi) is 3.73. The van der Waals surface area contributed by atoms with Gasteiger partial charge >= 0.3 is 0 Å². The molecule has 0 amide bonds. The number of aromatic nitrogens is 2. The first-order valence-corrected chi connectivity index (χ1v) is 8.18. The molecule has 2 heterocycles. The number of rotatable bonds is 2. The summed E-state index contributed by atoms with van der Waals surface area (Å²) in [6.45, 7) is 0.479.